The second-order valence-electron chi connectivity index (χ2n) is 6.28. The van der Waals surface area contributed by atoms with Gasteiger partial charge in [0.15, 0.2) is 17.3 Å². The first-order chi connectivity index (χ1) is 14.0. The molecule has 0 aliphatic rings. The standard InChI is InChI=1S/C23H21NO5/c1-14(25)15-8-10-16(11-9-15)18-6-5-7-19(24-18)22(26)17-12-20(27-2)23(29-4)21(13-17)28-3/h5-13H,1-4H3. The van der Waals surface area contributed by atoms with Crippen LogP contribution in [0.2, 0.25) is 0 Å². The maximum absolute atomic E-state index is 13.1. The zero-order valence-corrected chi connectivity index (χ0v) is 16.7. The van der Waals surface area contributed by atoms with Crippen LogP contribution in [0.1, 0.15) is 33.3 Å². The largest absolute Gasteiger partial charge is 0.493 e. The molecule has 0 saturated carbocycles. The number of carbonyl (C=O) groups is 2. The minimum absolute atomic E-state index is 0.00385. The maximum atomic E-state index is 13.1. The molecule has 0 saturated heterocycles. The fourth-order valence-electron chi connectivity index (χ4n) is 2.96. The van der Waals surface area contributed by atoms with Gasteiger partial charge in [-0.1, -0.05) is 30.3 Å². The van der Waals surface area contributed by atoms with Gasteiger partial charge in [-0.15, -0.1) is 0 Å². The lowest BCUT2D eigenvalue weighted by atomic mass is 10.0. The number of hydrogen-bond donors (Lipinski definition) is 0. The topological polar surface area (TPSA) is 74.7 Å². The van der Waals surface area contributed by atoms with E-state index in [4.69, 9.17) is 14.2 Å². The molecule has 0 atom stereocenters. The van der Waals surface area contributed by atoms with Crippen LogP contribution in [-0.2, 0) is 0 Å². The monoisotopic (exact) mass is 391 g/mol. The highest BCUT2D eigenvalue weighted by Gasteiger charge is 2.19. The number of nitrogens with zero attached hydrogens (tertiary/aromatic N) is 1. The average molecular weight is 391 g/mol. The molecule has 2 aromatic carbocycles. The van der Waals surface area contributed by atoms with Crippen LogP contribution in [0.25, 0.3) is 11.3 Å². The van der Waals surface area contributed by atoms with Gasteiger partial charge in [-0.3, -0.25) is 9.59 Å². The summed E-state index contributed by atoms with van der Waals surface area (Å²) in [4.78, 5) is 29.0. The van der Waals surface area contributed by atoms with Crippen molar-refractivity contribution in [2.45, 2.75) is 6.92 Å². The predicted octanol–water partition coefficient (Wildman–Crippen LogP) is 4.21. The Kier molecular flexibility index (Phi) is 5.93. The van der Waals surface area contributed by atoms with Crippen LogP contribution in [0.3, 0.4) is 0 Å². The van der Waals surface area contributed by atoms with E-state index in [0.717, 1.165) is 5.56 Å². The summed E-state index contributed by atoms with van der Waals surface area (Å²) in [6.07, 6.45) is 0. The number of pyridine rings is 1. The third-order valence-electron chi connectivity index (χ3n) is 4.50. The van der Waals surface area contributed by atoms with Crippen LogP contribution in [0.5, 0.6) is 17.2 Å². The molecule has 0 bridgehead atoms. The van der Waals surface area contributed by atoms with Gasteiger partial charge in [-0.2, -0.15) is 0 Å². The molecule has 0 unspecified atom stereocenters. The molecule has 1 heterocycles. The van der Waals surface area contributed by atoms with Crippen molar-refractivity contribution >= 4 is 11.6 Å². The van der Waals surface area contributed by atoms with Crippen molar-refractivity contribution in [2.75, 3.05) is 21.3 Å². The van der Waals surface area contributed by atoms with Gasteiger partial charge in [0.05, 0.1) is 27.0 Å². The van der Waals surface area contributed by atoms with E-state index in [1.165, 1.54) is 28.3 Å². The number of ketones is 2. The van der Waals surface area contributed by atoms with Crippen LogP contribution in [0.4, 0.5) is 0 Å². The number of benzene rings is 2. The van der Waals surface area contributed by atoms with E-state index in [-0.39, 0.29) is 17.3 Å². The number of aromatic nitrogens is 1. The summed E-state index contributed by atoms with van der Waals surface area (Å²) in [6.45, 7) is 1.52. The second-order valence-corrected chi connectivity index (χ2v) is 6.28. The van der Waals surface area contributed by atoms with Gasteiger partial charge < -0.3 is 14.2 Å². The van der Waals surface area contributed by atoms with Crippen molar-refractivity contribution in [2.24, 2.45) is 0 Å². The van der Waals surface area contributed by atoms with E-state index in [2.05, 4.69) is 4.98 Å². The lowest BCUT2D eigenvalue weighted by Crippen LogP contribution is -2.06. The molecular formula is C23H21NO5. The van der Waals surface area contributed by atoms with E-state index in [1.807, 2.05) is 18.2 Å². The predicted molar refractivity (Wildman–Crippen MR) is 109 cm³/mol. The van der Waals surface area contributed by atoms with Crippen molar-refractivity contribution in [3.8, 4) is 28.5 Å². The van der Waals surface area contributed by atoms with Gasteiger partial charge in [0.25, 0.3) is 0 Å². The van der Waals surface area contributed by atoms with Gasteiger partial charge in [0, 0.05) is 16.7 Å². The Hall–Kier alpha value is -3.67. The zero-order chi connectivity index (χ0) is 21.0. The van der Waals surface area contributed by atoms with E-state index < -0.39 is 0 Å². The Labute approximate surface area is 169 Å². The molecule has 0 spiro atoms. The van der Waals surface area contributed by atoms with Gasteiger partial charge in [-0.05, 0) is 31.2 Å². The highest BCUT2D eigenvalue weighted by Crippen LogP contribution is 2.38. The molecular weight excluding hydrogens is 370 g/mol. The molecule has 0 aliphatic heterocycles. The van der Waals surface area contributed by atoms with Gasteiger partial charge in [0.2, 0.25) is 11.5 Å². The fraction of sp³-hybridized carbons (Fsp3) is 0.174. The van der Waals surface area contributed by atoms with Crippen LogP contribution >= 0.6 is 0 Å². The summed E-state index contributed by atoms with van der Waals surface area (Å²) in [6, 6.07) is 15.5. The number of Topliss-reactive ketones (excluding diaryl/α,β-unsaturated/α-hetero) is 1. The van der Waals surface area contributed by atoms with E-state index in [9.17, 15) is 9.59 Å². The molecule has 148 valence electrons. The Morgan fingerprint density at radius 2 is 1.41 bits per heavy atom. The van der Waals surface area contributed by atoms with Crippen LogP contribution in [0.15, 0.2) is 54.6 Å². The third-order valence-corrected chi connectivity index (χ3v) is 4.50. The first-order valence-corrected chi connectivity index (χ1v) is 8.91. The fourth-order valence-corrected chi connectivity index (χ4v) is 2.96. The Morgan fingerprint density at radius 3 is 1.93 bits per heavy atom. The number of carbonyl (C=O) groups excluding carboxylic acids is 2. The van der Waals surface area contributed by atoms with Gasteiger partial charge in [0.1, 0.15) is 5.69 Å². The molecule has 1 aromatic heterocycles. The van der Waals surface area contributed by atoms with Crippen LogP contribution in [0, 0.1) is 0 Å². The van der Waals surface area contributed by atoms with E-state index in [1.54, 1.807) is 36.4 Å². The van der Waals surface area contributed by atoms with E-state index >= 15 is 0 Å². The smallest absolute Gasteiger partial charge is 0.211 e. The Bertz CT molecular complexity index is 1030. The second kappa shape index (κ2) is 8.56. The Morgan fingerprint density at radius 1 is 0.793 bits per heavy atom. The third kappa shape index (κ3) is 4.11. The SMILES string of the molecule is COc1cc(C(=O)c2cccc(-c3ccc(C(C)=O)cc3)n2)cc(OC)c1OC. The lowest BCUT2D eigenvalue weighted by molar-refractivity contribution is 0.101. The minimum atomic E-state index is -0.272. The number of methoxy groups -OCH3 is 3. The molecule has 29 heavy (non-hydrogen) atoms. The average Bonchev–Trinajstić information content (AvgIpc) is 2.77. The first-order valence-electron chi connectivity index (χ1n) is 8.91. The molecule has 3 rings (SSSR count). The van der Waals surface area contributed by atoms with Crippen LogP contribution in [-0.4, -0.2) is 37.9 Å². The molecule has 0 N–H and O–H groups in total. The normalized spacial score (nSPS) is 10.3. The summed E-state index contributed by atoms with van der Waals surface area (Å²) >= 11 is 0. The highest BCUT2D eigenvalue weighted by atomic mass is 16.5. The number of ether oxygens (including phenoxy) is 3. The summed E-state index contributed by atoms with van der Waals surface area (Å²) < 4.78 is 15.9. The van der Waals surface area contributed by atoms with Gasteiger partial charge in [-0.25, -0.2) is 4.98 Å². The minimum Gasteiger partial charge on any atom is -0.493 e. The van der Waals surface area contributed by atoms with Crippen LogP contribution < -0.4 is 14.2 Å². The first kappa shape index (κ1) is 20.1. The molecule has 6 heteroatoms. The summed E-state index contributed by atoms with van der Waals surface area (Å²) in [7, 11) is 4.49. The van der Waals surface area contributed by atoms with Crippen molar-refractivity contribution in [3.05, 3.63) is 71.4 Å². The molecule has 0 amide bonds. The van der Waals surface area contributed by atoms with Crippen molar-refractivity contribution < 1.29 is 23.8 Å². The van der Waals surface area contributed by atoms with Crippen molar-refractivity contribution in [1.82, 2.24) is 4.98 Å². The molecule has 0 aliphatic carbocycles. The number of hydrogen-bond acceptors (Lipinski definition) is 6. The molecule has 6 nitrogen and oxygen atoms in total. The highest BCUT2D eigenvalue weighted by molar-refractivity contribution is 6.08. The van der Waals surface area contributed by atoms with Crippen molar-refractivity contribution in [1.29, 1.82) is 0 Å². The van der Waals surface area contributed by atoms with Gasteiger partial charge >= 0.3 is 0 Å². The molecule has 0 radical (unpaired) electrons. The summed E-state index contributed by atoms with van der Waals surface area (Å²) in [5, 5.41) is 0. The Balaban J connectivity index is 1.98. The quantitative estimate of drug-likeness (QED) is 0.562. The molecule has 3 aromatic rings. The maximum Gasteiger partial charge on any atom is 0.211 e. The lowest BCUT2D eigenvalue weighted by Gasteiger charge is -2.13. The van der Waals surface area contributed by atoms with E-state index in [0.29, 0.717) is 34.1 Å². The summed E-state index contributed by atoms with van der Waals surface area (Å²) in [5.74, 6) is 0.929. The summed E-state index contributed by atoms with van der Waals surface area (Å²) in [5.41, 5.74) is 2.73. The van der Waals surface area contributed by atoms with Crippen molar-refractivity contribution in [3.63, 3.8) is 0 Å². The zero-order valence-electron chi connectivity index (χ0n) is 16.7. The number of rotatable bonds is 7. The molecule has 0 fully saturated rings.